The second-order valence-corrected chi connectivity index (χ2v) is 36.5. The van der Waals surface area contributed by atoms with Crippen LogP contribution in [0.25, 0.3) is 140 Å². The Morgan fingerprint density at radius 1 is 0.144 bits per heavy atom. The molecule has 0 atom stereocenters. The van der Waals surface area contributed by atoms with Crippen LogP contribution in [-0.2, 0) is 10.8 Å². The van der Waals surface area contributed by atoms with Gasteiger partial charge in [-0.3, -0.25) is 0 Å². The zero-order chi connectivity index (χ0) is 87.5. The van der Waals surface area contributed by atoms with Gasteiger partial charge < -0.3 is 9.80 Å². The Hall–Kier alpha value is -16.3. The summed E-state index contributed by atoms with van der Waals surface area (Å²) in [6.07, 6.45) is 0. The molecule has 21 aromatic carbocycles. The third-order valence-corrected chi connectivity index (χ3v) is 29.6. The Kier molecular flexibility index (Phi) is 20.2. The molecule has 2 aliphatic carbocycles. The van der Waals surface area contributed by atoms with Crippen LogP contribution in [-0.4, -0.2) is 0 Å². The molecule has 0 N–H and O–H groups in total. The molecule has 0 saturated heterocycles. The molecule has 0 amide bonds. The lowest BCUT2D eigenvalue weighted by Gasteiger charge is -2.34. The van der Waals surface area contributed by atoms with Crippen molar-refractivity contribution in [1.29, 1.82) is 0 Å². The summed E-state index contributed by atoms with van der Waals surface area (Å²) in [5, 5.41) is 5.16. The Morgan fingerprint density at radius 3 is 0.697 bits per heavy atom. The topological polar surface area (TPSA) is 6.48 Å². The van der Waals surface area contributed by atoms with E-state index in [1.165, 1.54) is 185 Å². The highest BCUT2D eigenvalue weighted by Gasteiger charge is 2.48. The van der Waals surface area contributed by atoms with Crippen LogP contribution >= 0.6 is 22.7 Å². The van der Waals surface area contributed by atoms with Gasteiger partial charge in [-0.2, -0.15) is 0 Å². The number of rotatable bonds is 17. The molecule has 4 heteroatoms. The van der Waals surface area contributed by atoms with Gasteiger partial charge in [0, 0.05) is 85.6 Å². The quantitative estimate of drug-likeness (QED) is 0.0896. The van der Waals surface area contributed by atoms with Gasteiger partial charge in [0.15, 0.2) is 0 Å². The standard InChI is InChI=1S/C67H45NS.C61H41NS/c1-5-17-46(18-6-1)48-29-36-55(37-30-48)68(56-38-31-49(32-39-56)47-19-7-2-8-20-47)57-40-33-50(34-41-57)52-43-61(66-62(44-52)60-26-14-16-28-65(60)69-66)51-35-42-59-58-25-13-15-27-63(58)67(64(59)45-51,53-21-9-3-10-22-53)54-23-11-4-12-24-54;1-5-17-42(18-6-1)43-29-34-50(35-30-43)62(49-23-11-4-12-24-49)51-36-31-44(32-37-51)46-39-55(60-56(40-46)54-26-14-16-28-59(54)63-60)45-33-38-53-52-25-13-15-27-57(52)61(58(53)41-45,47-19-7-2-8-20-47)48-21-9-3-10-22-48/h1-45H;1-41H. The molecule has 0 unspecified atom stereocenters. The molecule has 2 aromatic heterocycles. The van der Waals surface area contributed by atoms with Crippen molar-refractivity contribution in [2.24, 2.45) is 0 Å². The molecule has 132 heavy (non-hydrogen) atoms. The molecule has 620 valence electrons. The molecule has 0 radical (unpaired) electrons. The van der Waals surface area contributed by atoms with Crippen LogP contribution in [0.3, 0.4) is 0 Å². The van der Waals surface area contributed by atoms with E-state index in [-0.39, 0.29) is 0 Å². The lowest BCUT2D eigenvalue weighted by Crippen LogP contribution is -2.28. The van der Waals surface area contributed by atoms with Crippen molar-refractivity contribution in [3.63, 3.8) is 0 Å². The van der Waals surface area contributed by atoms with Crippen LogP contribution in [0, 0.1) is 0 Å². The van der Waals surface area contributed by atoms with E-state index >= 15 is 0 Å². The zero-order valence-corrected chi connectivity index (χ0v) is 74.0. The predicted octanol–water partition coefficient (Wildman–Crippen LogP) is 35.4. The van der Waals surface area contributed by atoms with E-state index in [4.69, 9.17) is 0 Å². The molecular weight excluding hydrogens is 1630 g/mol. The highest BCUT2D eigenvalue weighted by molar-refractivity contribution is 7.26. The molecule has 25 rings (SSSR count). The van der Waals surface area contributed by atoms with Gasteiger partial charge in [0.25, 0.3) is 0 Å². The van der Waals surface area contributed by atoms with Crippen molar-refractivity contribution < 1.29 is 0 Å². The van der Waals surface area contributed by atoms with Gasteiger partial charge >= 0.3 is 0 Å². The average Bonchev–Trinajstić information content (AvgIpc) is 1.56. The van der Waals surface area contributed by atoms with E-state index in [0.29, 0.717) is 0 Å². The predicted molar refractivity (Wildman–Crippen MR) is 561 cm³/mol. The van der Waals surface area contributed by atoms with Crippen molar-refractivity contribution in [3.8, 4) is 100 Å². The van der Waals surface area contributed by atoms with Crippen molar-refractivity contribution >= 4 is 97.1 Å². The number of nitrogens with zero attached hydrogens (tertiary/aromatic N) is 2. The van der Waals surface area contributed by atoms with E-state index in [1.54, 1.807) is 0 Å². The van der Waals surface area contributed by atoms with Crippen LogP contribution in [0.4, 0.5) is 34.1 Å². The smallest absolute Gasteiger partial charge is 0.0713 e. The summed E-state index contributed by atoms with van der Waals surface area (Å²) in [7, 11) is 0. The summed E-state index contributed by atoms with van der Waals surface area (Å²) in [4.78, 5) is 4.70. The van der Waals surface area contributed by atoms with E-state index in [1.807, 2.05) is 22.7 Å². The zero-order valence-electron chi connectivity index (χ0n) is 72.4. The van der Waals surface area contributed by atoms with Crippen LogP contribution in [0.5, 0.6) is 0 Å². The largest absolute Gasteiger partial charge is 0.311 e. The number of hydrogen-bond acceptors (Lipinski definition) is 4. The number of hydrogen-bond donors (Lipinski definition) is 0. The second-order valence-electron chi connectivity index (χ2n) is 34.4. The minimum atomic E-state index is -0.479. The summed E-state index contributed by atoms with van der Waals surface area (Å²) in [5.41, 5.74) is 38.2. The van der Waals surface area contributed by atoms with E-state index in [9.17, 15) is 0 Å². The maximum Gasteiger partial charge on any atom is 0.0713 e. The molecule has 0 spiro atoms. The normalized spacial score (nSPS) is 12.5. The third kappa shape index (κ3) is 13.8. The van der Waals surface area contributed by atoms with E-state index in [2.05, 4.69) is 532 Å². The van der Waals surface area contributed by atoms with Crippen LogP contribution < -0.4 is 9.80 Å². The molecule has 0 saturated carbocycles. The van der Waals surface area contributed by atoms with E-state index < -0.39 is 10.8 Å². The fourth-order valence-electron chi connectivity index (χ4n) is 21.0. The Bertz CT molecular complexity index is 8000. The first-order valence-electron chi connectivity index (χ1n) is 45.4. The molecule has 2 heterocycles. The second kappa shape index (κ2) is 33.7. The number of fused-ring (bicyclic) bond motifs is 12. The molecule has 23 aromatic rings. The minimum Gasteiger partial charge on any atom is -0.311 e. The summed E-state index contributed by atoms with van der Waals surface area (Å²) in [6.45, 7) is 0. The molecule has 2 aliphatic rings. The molecule has 2 nitrogen and oxygen atoms in total. The monoisotopic (exact) mass is 1710 g/mol. The third-order valence-electron chi connectivity index (χ3n) is 27.1. The number of benzene rings is 21. The van der Waals surface area contributed by atoms with Gasteiger partial charge in [-0.15, -0.1) is 22.7 Å². The van der Waals surface area contributed by atoms with Crippen LogP contribution in [0.15, 0.2) is 522 Å². The lowest BCUT2D eigenvalue weighted by molar-refractivity contribution is 0.769. The van der Waals surface area contributed by atoms with Gasteiger partial charge in [-0.05, 0) is 255 Å². The lowest BCUT2D eigenvalue weighted by atomic mass is 9.67. The van der Waals surface area contributed by atoms with Gasteiger partial charge in [0.1, 0.15) is 0 Å². The first kappa shape index (κ1) is 79.1. The highest BCUT2D eigenvalue weighted by Crippen LogP contribution is 2.60. The van der Waals surface area contributed by atoms with Crippen molar-refractivity contribution in [2.45, 2.75) is 10.8 Å². The summed E-state index contributed by atoms with van der Waals surface area (Å²) in [6, 6.07) is 192. The number of para-hydroxylation sites is 1. The molecular formula is C128H86N2S2. The maximum absolute atomic E-state index is 2.51. The van der Waals surface area contributed by atoms with Crippen LogP contribution in [0.2, 0.25) is 0 Å². The number of anilines is 6. The van der Waals surface area contributed by atoms with Crippen molar-refractivity contribution in [3.05, 3.63) is 566 Å². The Morgan fingerprint density at radius 2 is 0.379 bits per heavy atom. The first-order valence-corrected chi connectivity index (χ1v) is 47.0. The highest BCUT2D eigenvalue weighted by atomic mass is 32.1. The van der Waals surface area contributed by atoms with Crippen molar-refractivity contribution in [2.75, 3.05) is 9.80 Å². The maximum atomic E-state index is 2.51. The van der Waals surface area contributed by atoms with Gasteiger partial charge in [0.2, 0.25) is 0 Å². The Labute approximate surface area is 778 Å². The molecule has 0 fully saturated rings. The SMILES string of the molecule is c1ccc(-c2ccc(N(c3ccc(-c4ccccc4)cc3)c3ccc(-c4cc(-c5ccc6c(c5)C(c5ccccc5)(c5ccccc5)c5ccccc5-6)c5sc6ccccc6c5c4)cc3)cc2)cc1.c1ccc(-c2ccc(N(c3ccccc3)c3ccc(-c4cc(-c5ccc6c(c5)C(c5ccccc5)(c5ccccc5)c5ccccc5-6)c5sc6ccccc6c5c4)cc3)cc2)cc1. The van der Waals surface area contributed by atoms with E-state index in [0.717, 1.165) is 34.1 Å². The van der Waals surface area contributed by atoms with Gasteiger partial charge in [0.05, 0.1) is 10.8 Å². The summed E-state index contributed by atoms with van der Waals surface area (Å²) < 4.78 is 5.21. The number of thiophene rings is 2. The Balaban J connectivity index is 0.000000146. The summed E-state index contributed by atoms with van der Waals surface area (Å²) >= 11 is 3.79. The first-order chi connectivity index (χ1) is 65.4. The molecule has 0 bridgehead atoms. The van der Waals surface area contributed by atoms with Crippen LogP contribution in [0.1, 0.15) is 44.5 Å². The molecule has 0 aliphatic heterocycles. The minimum absolute atomic E-state index is 0.469. The summed E-state index contributed by atoms with van der Waals surface area (Å²) in [5.74, 6) is 0. The fourth-order valence-corrected chi connectivity index (χ4v) is 23.5. The van der Waals surface area contributed by atoms with Gasteiger partial charge in [-0.1, -0.05) is 400 Å². The van der Waals surface area contributed by atoms with Crippen molar-refractivity contribution in [1.82, 2.24) is 0 Å². The van der Waals surface area contributed by atoms with Gasteiger partial charge in [-0.25, -0.2) is 0 Å². The average molecular weight is 1720 g/mol. The fraction of sp³-hybridized carbons (Fsp3) is 0.0156.